The summed E-state index contributed by atoms with van der Waals surface area (Å²) in [6.45, 7) is -0.213. The first-order valence-corrected chi connectivity index (χ1v) is 9.57. The van der Waals surface area contributed by atoms with Gasteiger partial charge in [0, 0.05) is 37.9 Å². The number of nitrogens with one attached hydrogen (secondary N) is 1. The average molecular weight is 421 g/mol. The smallest absolute Gasteiger partial charge is 0.422 e. The Hall–Kier alpha value is -3.10. The van der Waals surface area contributed by atoms with Crippen LogP contribution in [0.2, 0.25) is 0 Å². The first kappa shape index (κ1) is 21.6. The summed E-state index contributed by atoms with van der Waals surface area (Å²) in [4.78, 5) is 30.6. The van der Waals surface area contributed by atoms with Crippen LogP contribution in [-0.4, -0.2) is 47.6 Å². The number of piperidine rings is 1. The summed E-state index contributed by atoms with van der Waals surface area (Å²) in [6, 6.07) is 9.61. The van der Waals surface area contributed by atoms with Gasteiger partial charge < -0.3 is 15.0 Å². The fraction of sp³-hybridized carbons (Fsp3) is 0.381. The number of amides is 2. The monoisotopic (exact) mass is 421 g/mol. The summed E-state index contributed by atoms with van der Waals surface area (Å²) in [5.41, 5.74) is 1.17. The molecule has 0 spiro atoms. The highest BCUT2D eigenvalue weighted by molar-refractivity contribution is 5.94. The number of benzene rings is 1. The van der Waals surface area contributed by atoms with E-state index >= 15 is 0 Å². The fourth-order valence-electron chi connectivity index (χ4n) is 3.26. The predicted octanol–water partition coefficient (Wildman–Crippen LogP) is 3.19. The molecule has 1 fully saturated rings. The number of rotatable bonds is 6. The Morgan fingerprint density at radius 2 is 1.93 bits per heavy atom. The number of carbonyl (C=O) groups is 2. The summed E-state index contributed by atoms with van der Waals surface area (Å²) in [6.07, 6.45) is -0.185. The lowest BCUT2D eigenvalue weighted by Crippen LogP contribution is -2.42. The summed E-state index contributed by atoms with van der Waals surface area (Å²) >= 11 is 0. The molecule has 2 heterocycles. The molecule has 0 saturated carbocycles. The van der Waals surface area contributed by atoms with Gasteiger partial charge in [-0.15, -0.1) is 0 Å². The number of likely N-dealkylation sites (tertiary alicyclic amines) is 1. The summed E-state index contributed by atoms with van der Waals surface area (Å²) in [5, 5.41) is 2.81. The number of pyridine rings is 1. The zero-order valence-electron chi connectivity index (χ0n) is 16.2. The van der Waals surface area contributed by atoms with Crippen LogP contribution in [0.5, 0.6) is 5.75 Å². The van der Waals surface area contributed by atoms with Gasteiger partial charge in [-0.05, 0) is 42.7 Å². The SMILES string of the molecule is O=C(NCc1cccc(OCC(F)(F)F)c1)C1CCN(C(=O)c2cccnc2)CC1. The van der Waals surface area contributed by atoms with Crippen molar-refractivity contribution in [2.75, 3.05) is 19.7 Å². The van der Waals surface area contributed by atoms with Gasteiger partial charge in [0.1, 0.15) is 5.75 Å². The summed E-state index contributed by atoms with van der Waals surface area (Å²) < 4.78 is 41.5. The highest BCUT2D eigenvalue weighted by atomic mass is 19.4. The van der Waals surface area contributed by atoms with Crippen LogP contribution in [0.1, 0.15) is 28.8 Å². The Morgan fingerprint density at radius 3 is 2.60 bits per heavy atom. The van der Waals surface area contributed by atoms with E-state index in [2.05, 4.69) is 10.3 Å². The zero-order chi connectivity index (χ0) is 21.6. The van der Waals surface area contributed by atoms with E-state index in [9.17, 15) is 22.8 Å². The normalized spacial score (nSPS) is 15.0. The molecule has 160 valence electrons. The lowest BCUT2D eigenvalue weighted by molar-refractivity contribution is -0.153. The van der Waals surface area contributed by atoms with E-state index in [4.69, 9.17) is 4.74 Å². The van der Waals surface area contributed by atoms with Crippen LogP contribution in [0.25, 0.3) is 0 Å². The van der Waals surface area contributed by atoms with Gasteiger partial charge in [0.15, 0.2) is 6.61 Å². The fourth-order valence-corrected chi connectivity index (χ4v) is 3.26. The third-order valence-electron chi connectivity index (χ3n) is 4.83. The van der Waals surface area contributed by atoms with E-state index in [1.165, 1.54) is 18.3 Å². The van der Waals surface area contributed by atoms with Gasteiger partial charge in [-0.3, -0.25) is 14.6 Å². The van der Waals surface area contributed by atoms with Gasteiger partial charge in [-0.25, -0.2) is 0 Å². The van der Waals surface area contributed by atoms with E-state index in [-0.39, 0.29) is 30.0 Å². The first-order valence-electron chi connectivity index (χ1n) is 9.57. The number of nitrogens with zero attached hydrogens (tertiary/aromatic N) is 2. The quantitative estimate of drug-likeness (QED) is 0.778. The van der Waals surface area contributed by atoms with Crippen LogP contribution < -0.4 is 10.1 Å². The molecule has 0 bridgehead atoms. The third kappa shape index (κ3) is 6.20. The minimum absolute atomic E-state index is 0.0984. The van der Waals surface area contributed by atoms with Gasteiger partial charge in [0.05, 0.1) is 5.56 Å². The molecule has 0 atom stereocenters. The Bertz CT molecular complexity index is 867. The van der Waals surface area contributed by atoms with Crippen LogP contribution in [-0.2, 0) is 11.3 Å². The number of halogens is 3. The van der Waals surface area contributed by atoms with Crippen molar-refractivity contribution in [3.63, 3.8) is 0 Å². The molecule has 6 nitrogen and oxygen atoms in total. The van der Waals surface area contributed by atoms with Crippen molar-refractivity contribution in [1.82, 2.24) is 15.2 Å². The van der Waals surface area contributed by atoms with Gasteiger partial charge in [0.25, 0.3) is 5.91 Å². The van der Waals surface area contributed by atoms with E-state index in [1.54, 1.807) is 35.4 Å². The maximum Gasteiger partial charge on any atom is 0.422 e. The molecular weight excluding hydrogens is 399 g/mol. The molecule has 1 aliphatic heterocycles. The van der Waals surface area contributed by atoms with Crippen LogP contribution in [0.3, 0.4) is 0 Å². The zero-order valence-corrected chi connectivity index (χ0v) is 16.2. The average Bonchev–Trinajstić information content (AvgIpc) is 2.76. The topological polar surface area (TPSA) is 71.5 Å². The van der Waals surface area contributed by atoms with Crippen LogP contribution in [0.15, 0.2) is 48.8 Å². The van der Waals surface area contributed by atoms with Crippen LogP contribution in [0, 0.1) is 5.92 Å². The Morgan fingerprint density at radius 1 is 1.17 bits per heavy atom. The molecule has 1 saturated heterocycles. The molecule has 2 amide bonds. The summed E-state index contributed by atoms with van der Waals surface area (Å²) in [5.74, 6) is -0.350. The molecule has 1 aromatic heterocycles. The number of hydrogen-bond acceptors (Lipinski definition) is 4. The molecule has 3 rings (SSSR count). The van der Waals surface area contributed by atoms with Crippen LogP contribution in [0.4, 0.5) is 13.2 Å². The molecule has 9 heteroatoms. The number of alkyl halides is 3. The van der Waals surface area contributed by atoms with E-state index < -0.39 is 12.8 Å². The number of carbonyl (C=O) groups excluding carboxylic acids is 2. The molecule has 1 N–H and O–H groups in total. The van der Waals surface area contributed by atoms with Gasteiger partial charge in [-0.1, -0.05) is 12.1 Å². The third-order valence-corrected chi connectivity index (χ3v) is 4.83. The minimum atomic E-state index is -4.41. The molecule has 2 aromatic rings. The number of aromatic nitrogens is 1. The Balaban J connectivity index is 1.46. The second kappa shape index (κ2) is 9.60. The summed E-state index contributed by atoms with van der Waals surface area (Å²) in [7, 11) is 0. The van der Waals surface area contributed by atoms with Crippen molar-refractivity contribution in [3.8, 4) is 5.75 Å². The van der Waals surface area contributed by atoms with Crippen LogP contribution >= 0.6 is 0 Å². The second-order valence-corrected chi connectivity index (χ2v) is 7.08. The predicted molar refractivity (Wildman–Crippen MR) is 103 cm³/mol. The molecule has 0 unspecified atom stereocenters. The van der Waals surface area contributed by atoms with Crippen molar-refractivity contribution in [1.29, 1.82) is 0 Å². The molecule has 30 heavy (non-hydrogen) atoms. The number of hydrogen-bond donors (Lipinski definition) is 1. The van der Waals surface area contributed by atoms with Crippen molar-refractivity contribution in [2.45, 2.75) is 25.6 Å². The standard InChI is InChI=1S/C21H22F3N3O3/c22-21(23,24)14-30-18-5-1-3-15(11-18)12-26-19(28)16-6-9-27(10-7-16)20(29)17-4-2-8-25-13-17/h1-5,8,11,13,16H,6-7,9-10,12,14H2,(H,26,28). The lowest BCUT2D eigenvalue weighted by atomic mass is 9.95. The van der Waals surface area contributed by atoms with E-state index in [1.807, 2.05) is 0 Å². The molecule has 1 aromatic carbocycles. The highest BCUT2D eigenvalue weighted by Crippen LogP contribution is 2.21. The molecule has 0 aliphatic carbocycles. The first-order chi connectivity index (χ1) is 14.3. The lowest BCUT2D eigenvalue weighted by Gasteiger charge is -2.31. The Labute approximate surface area is 172 Å². The molecular formula is C21H22F3N3O3. The van der Waals surface area contributed by atoms with Crippen molar-refractivity contribution >= 4 is 11.8 Å². The van der Waals surface area contributed by atoms with Gasteiger partial charge in [-0.2, -0.15) is 13.2 Å². The van der Waals surface area contributed by atoms with Gasteiger partial charge >= 0.3 is 6.18 Å². The molecule has 1 aliphatic rings. The van der Waals surface area contributed by atoms with E-state index in [0.717, 1.165) is 0 Å². The maximum absolute atomic E-state index is 12.5. The van der Waals surface area contributed by atoms with Crippen molar-refractivity contribution in [3.05, 3.63) is 59.9 Å². The van der Waals surface area contributed by atoms with Crippen molar-refractivity contribution in [2.24, 2.45) is 5.92 Å². The Kier molecular flexibility index (Phi) is 6.91. The van der Waals surface area contributed by atoms with E-state index in [0.29, 0.717) is 37.1 Å². The highest BCUT2D eigenvalue weighted by Gasteiger charge is 2.29. The number of ether oxygens (including phenoxy) is 1. The molecule has 0 radical (unpaired) electrons. The minimum Gasteiger partial charge on any atom is -0.484 e. The second-order valence-electron chi connectivity index (χ2n) is 7.08. The maximum atomic E-state index is 12.5. The van der Waals surface area contributed by atoms with Gasteiger partial charge in [0.2, 0.25) is 5.91 Å². The largest absolute Gasteiger partial charge is 0.484 e. The van der Waals surface area contributed by atoms with Crippen molar-refractivity contribution < 1.29 is 27.5 Å².